The van der Waals surface area contributed by atoms with Crippen molar-refractivity contribution >= 4 is 16.9 Å². The lowest BCUT2D eigenvalue weighted by atomic mass is 10.2. The van der Waals surface area contributed by atoms with Crippen LogP contribution < -0.4 is 4.90 Å². The van der Waals surface area contributed by atoms with Crippen LogP contribution in [0, 0.1) is 20.8 Å². The third-order valence-corrected chi connectivity index (χ3v) is 4.39. The van der Waals surface area contributed by atoms with Gasteiger partial charge < -0.3 is 4.90 Å². The van der Waals surface area contributed by atoms with E-state index in [-0.39, 0.29) is 0 Å². The Morgan fingerprint density at radius 2 is 1.83 bits per heavy atom. The van der Waals surface area contributed by atoms with Crippen molar-refractivity contribution in [2.45, 2.75) is 40.8 Å². The fraction of sp³-hybridized carbons (Fsp3) is 0.500. The highest BCUT2D eigenvalue weighted by Crippen LogP contribution is 2.26. The summed E-state index contributed by atoms with van der Waals surface area (Å²) in [4.78, 5) is 11.1. The van der Waals surface area contributed by atoms with E-state index in [0.717, 1.165) is 41.3 Å². The van der Waals surface area contributed by atoms with Crippen LogP contribution in [0.5, 0.6) is 0 Å². The summed E-state index contributed by atoms with van der Waals surface area (Å²) in [5.74, 6) is 0.903. The van der Waals surface area contributed by atoms with Crippen LogP contribution in [-0.4, -0.2) is 36.6 Å². The molecule has 3 heterocycles. The van der Waals surface area contributed by atoms with Crippen molar-refractivity contribution in [2.24, 2.45) is 7.05 Å². The molecule has 3 aromatic rings. The highest BCUT2D eigenvalue weighted by atomic mass is 15.3. The van der Waals surface area contributed by atoms with Crippen LogP contribution in [0.15, 0.2) is 6.33 Å². The van der Waals surface area contributed by atoms with E-state index in [9.17, 15) is 0 Å². The first-order valence-corrected chi connectivity index (χ1v) is 7.82. The Labute approximate surface area is 136 Å². The zero-order valence-electron chi connectivity index (χ0n) is 14.6. The Morgan fingerprint density at radius 1 is 1.09 bits per heavy atom. The van der Waals surface area contributed by atoms with Gasteiger partial charge in [-0.15, -0.1) is 0 Å². The molecule has 0 aromatic carbocycles. The van der Waals surface area contributed by atoms with Gasteiger partial charge in [-0.2, -0.15) is 10.2 Å². The summed E-state index contributed by atoms with van der Waals surface area (Å²) in [6.07, 6.45) is 1.62. The number of hydrogen-bond donors (Lipinski definition) is 0. The van der Waals surface area contributed by atoms with Crippen molar-refractivity contribution in [3.63, 3.8) is 0 Å². The van der Waals surface area contributed by atoms with E-state index in [0.29, 0.717) is 0 Å². The molecule has 0 aliphatic rings. The van der Waals surface area contributed by atoms with E-state index in [1.165, 1.54) is 11.3 Å². The van der Waals surface area contributed by atoms with Gasteiger partial charge in [-0.25, -0.2) is 9.97 Å². The van der Waals surface area contributed by atoms with E-state index in [2.05, 4.69) is 46.0 Å². The van der Waals surface area contributed by atoms with Crippen LogP contribution in [0.25, 0.3) is 11.0 Å². The Hall–Kier alpha value is -2.44. The molecule has 23 heavy (non-hydrogen) atoms. The molecule has 0 atom stereocenters. The summed E-state index contributed by atoms with van der Waals surface area (Å²) >= 11 is 0. The number of rotatable bonds is 4. The summed E-state index contributed by atoms with van der Waals surface area (Å²) in [6, 6.07) is 0. The minimum Gasteiger partial charge on any atom is -0.353 e. The molecule has 0 bridgehead atoms. The van der Waals surface area contributed by atoms with Gasteiger partial charge in [0.05, 0.1) is 11.4 Å². The summed E-state index contributed by atoms with van der Waals surface area (Å²) in [5, 5.41) is 9.07. The lowest BCUT2D eigenvalue weighted by Gasteiger charge is -2.19. The molecule has 0 aliphatic heterocycles. The zero-order valence-corrected chi connectivity index (χ0v) is 14.6. The van der Waals surface area contributed by atoms with Crippen LogP contribution in [0.4, 0.5) is 5.82 Å². The molecular formula is C16H23N7. The minimum atomic E-state index is 0.756. The van der Waals surface area contributed by atoms with Crippen LogP contribution in [0.2, 0.25) is 0 Å². The Kier molecular flexibility index (Phi) is 3.79. The largest absolute Gasteiger partial charge is 0.353 e. The Bertz CT molecular complexity index is 859. The van der Waals surface area contributed by atoms with Crippen LogP contribution in [-0.2, 0) is 20.1 Å². The summed E-state index contributed by atoms with van der Waals surface area (Å²) in [5.41, 5.74) is 6.33. The molecule has 0 N–H and O–H groups in total. The van der Waals surface area contributed by atoms with Gasteiger partial charge in [-0.3, -0.25) is 9.36 Å². The summed E-state index contributed by atoms with van der Waals surface area (Å²) in [7, 11) is 4.03. The zero-order chi connectivity index (χ0) is 16.7. The van der Waals surface area contributed by atoms with E-state index in [4.69, 9.17) is 0 Å². The summed E-state index contributed by atoms with van der Waals surface area (Å²) < 4.78 is 3.90. The third kappa shape index (κ3) is 2.46. The van der Waals surface area contributed by atoms with Crippen molar-refractivity contribution in [1.82, 2.24) is 29.5 Å². The van der Waals surface area contributed by atoms with E-state index in [1.807, 2.05) is 30.3 Å². The Balaban J connectivity index is 2.06. The van der Waals surface area contributed by atoms with Crippen molar-refractivity contribution in [1.29, 1.82) is 0 Å². The predicted molar refractivity (Wildman–Crippen MR) is 90.5 cm³/mol. The maximum absolute atomic E-state index is 4.57. The number of hydrogen-bond acceptors (Lipinski definition) is 5. The first kappa shape index (κ1) is 15.5. The van der Waals surface area contributed by atoms with Crippen LogP contribution in [0.3, 0.4) is 0 Å². The molecule has 0 amide bonds. The van der Waals surface area contributed by atoms with Crippen molar-refractivity contribution in [2.75, 3.05) is 11.9 Å². The topological polar surface area (TPSA) is 64.7 Å². The molecule has 0 radical (unpaired) electrons. The second-order valence-electron chi connectivity index (χ2n) is 5.92. The summed E-state index contributed by atoms with van der Waals surface area (Å²) in [6.45, 7) is 9.76. The SMILES string of the molecule is CCn1nc(C)c2ncnc(N(C)Cc3c(C)nn(C)c3C)c21. The second kappa shape index (κ2) is 5.64. The van der Waals surface area contributed by atoms with Gasteiger partial charge in [0.25, 0.3) is 0 Å². The molecule has 0 saturated heterocycles. The first-order valence-electron chi connectivity index (χ1n) is 7.82. The van der Waals surface area contributed by atoms with Gasteiger partial charge in [-0.1, -0.05) is 0 Å². The van der Waals surface area contributed by atoms with E-state index < -0.39 is 0 Å². The minimum absolute atomic E-state index is 0.756. The molecule has 0 unspecified atom stereocenters. The average Bonchev–Trinajstić information content (AvgIpc) is 2.98. The van der Waals surface area contributed by atoms with E-state index in [1.54, 1.807) is 6.33 Å². The van der Waals surface area contributed by atoms with Crippen LogP contribution in [0.1, 0.15) is 29.6 Å². The van der Waals surface area contributed by atoms with Gasteiger partial charge in [0, 0.05) is 38.4 Å². The second-order valence-corrected chi connectivity index (χ2v) is 5.92. The highest BCUT2D eigenvalue weighted by Gasteiger charge is 2.18. The maximum atomic E-state index is 4.57. The number of anilines is 1. The Morgan fingerprint density at radius 3 is 2.43 bits per heavy atom. The number of aryl methyl sites for hydroxylation is 4. The van der Waals surface area contributed by atoms with Gasteiger partial charge in [0.1, 0.15) is 17.4 Å². The fourth-order valence-electron chi connectivity index (χ4n) is 3.02. The molecule has 3 aromatic heterocycles. The smallest absolute Gasteiger partial charge is 0.158 e. The molecular weight excluding hydrogens is 290 g/mol. The number of nitrogens with zero attached hydrogens (tertiary/aromatic N) is 7. The monoisotopic (exact) mass is 313 g/mol. The molecule has 7 heteroatoms. The molecule has 7 nitrogen and oxygen atoms in total. The lowest BCUT2D eigenvalue weighted by Crippen LogP contribution is -2.20. The predicted octanol–water partition coefficient (Wildman–Crippen LogP) is 2.14. The fourth-order valence-corrected chi connectivity index (χ4v) is 3.02. The van der Waals surface area contributed by atoms with Crippen LogP contribution >= 0.6 is 0 Å². The highest BCUT2D eigenvalue weighted by molar-refractivity contribution is 5.87. The first-order chi connectivity index (χ1) is 10.9. The van der Waals surface area contributed by atoms with E-state index >= 15 is 0 Å². The third-order valence-electron chi connectivity index (χ3n) is 4.39. The van der Waals surface area contributed by atoms with Crippen molar-refractivity contribution in [3.05, 3.63) is 29.0 Å². The van der Waals surface area contributed by atoms with Gasteiger partial charge in [-0.05, 0) is 27.7 Å². The number of fused-ring (bicyclic) bond motifs is 1. The normalized spacial score (nSPS) is 11.4. The molecule has 0 saturated carbocycles. The van der Waals surface area contributed by atoms with Crippen molar-refractivity contribution in [3.8, 4) is 0 Å². The standard InChI is InChI=1S/C16H23N7/c1-7-23-15-14(11(3)20-23)17-9-18-16(15)21(5)8-13-10(2)19-22(6)12(13)4/h9H,7-8H2,1-6H3. The van der Waals surface area contributed by atoms with Gasteiger partial charge in [0.15, 0.2) is 5.82 Å². The lowest BCUT2D eigenvalue weighted by molar-refractivity contribution is 0.673. The number of aromatic nitrogens is 6. The van der Waals surface area contributed by atoms with Crippen molar-refractivity contribution < 1.29 is 0 Å². The van der Waals surface area contributed by atoms with Gasteiger partial charge in [0.2, 0.25) is 0 Å². The molecule has 0 aliphatic carbocycles. The molecule has 0 spiro atoms. The maximum Gasteiger partial charge on any atom is 0.158 e. The molecule has 0 fully saturated rings. The average molecular weight is 313 g/mol. The molecule has 3 rings (SSSR count). The molecule has 122 valence electrons. The quantitative estimate of drug-likeness (QED) is 0.738. The van der Waals surface area contributed by atoms with Gasteiger partial charge >= 0.3 is 0 Å².